The molecule has 2 heterocycles. The molecule has 0 spiro atoms. The normalized spacial score (nSPS) is 16.1. The number of carbonyl (C=O) groups excluding carboxylic acids is 1. The van der Waals surface area contributed by atoms with Gasteiger partial charge in [0.25, 0.3) is 5.91 Å². The Morgan fingerprint density at radius 2 is 1.90 bits per heavy atom. The fraction of sp³-hybridized carbons (Fsp3) is 0.391. The van der Waals surface area contributed by atoms with Crippen molar-refractivity contribution in [3.8, 4) is 11.5 Å². The van der Waals surface area contributed by atoms with E-state index in [0.29, 0.717) is 28.7 Å². The number of methoxy groups -OCH3 is 2. The van der Waals surface area contributed by atoms with E-state index in [4.69, 9.17) is 19.2 Å². The van der Waals surface area contributed by atoms with Crippen molar-refractivity contribution in [2.75, 3.05) is 32.3 Å². The van der Waals surface area contributed by atoms with Crippen molar-refractivity contribution in [2.24, 2.45) is 0 Å². The maximum absolute atomic E-state index is 13.6. The fourth-order valence-electron chi connectivity index (χ4n) is 3.80. The highest BCUT2D eigenvalue weighted by Crippen LogP contribution is 2.34. The second-order valence-electron chi connectivity index (χ2n) is 7.58. The molecule has 2 aromatic carbocycles. The molecule has 30 heavy (non-hydrogen) atoms. The van der Waals surface area contributed by atoms with E-state index in [1.165, 1.54) is 16.9 Å². The largest absolute Gasteiger partial charge is 0.497 e. The number of hydrogen-bond acceptors (Lipinski definition) is 6. The summed E-state index contributed by atoms with van der Waals surface area (Å²) in [6.07, 6.45) is 1.96. The first kappa shape index (κ1) is 20.6. The van der Waals surface area contributed by atoms with E-state index in [1.54, 1.807) is 37.3 Å². The molecule has 1 unspecified atom stereocenters. The summed E-state index contributed by atoms with van der Waals surface area (Å²) >= 11 is 1.54. The standard InChI is InChI=1S/C23H26N2O4S/c1-14-8-15(2)21-20(9-14)30-23(24-21)25(13-17-6-5-7-29-17)22(26)16-10-18(27-3)12-19(11-16)28-4/h8-12,17H,5-7,13H2,1-4H3. The molecule has 0 radical (unpaired) electrons. The van der Waals surface area contributed by atoms with Crippen molar-refractivity contribution in [3.05, 3.63) is 47.0 Å². The molecule has 7 heteroatoms. The Bertz CT molecular complexity index is 1050. The fourth-order valence-corrected chi connectivity index (χ4v) is 4.95. The summed E-state index contributed by atoms with van der Waals surface area (Å²) in [6, 6.07) is 9.45. The van der Waals surface area contributed by atoms with Crippen LogP contribution >= 0.6 is 11.3 Å². The van der Waals surface area contributed by atoms with Crippen molar-refractivity contribution in [1.29, 1.82) is 0 Å². The van der Waals surface area contributed by atoms with Crippen LogP contribution in [0.25, 0.3) is 10.2 Å². The lowest BCUT2D eigenvalue weighted by molar-refractivity contribution is 0.0917. The van der Waals surface area contributed by atoms with Gasteiger partial charge < -0.3 is 14.2 Å². The smallest absolute Gasteiger partial charge is 0.260 e. The van der Waals surface area contributed by atoms with E-state index < -0.39 is 0 Å². The molecule has 1 atom stereocenters. The SMILES string of the molecule is COc1cc(OC)cc(C(=O)N(CC2CCCO2)c2nc3c(C)cc(C)cc3s2)c1. The number of rotatable bonds is 6. The molecule has 6 nitrogen and oxygen atoms in total. The van der Waals surface area contributed by atoms with Crippen molar-refractivity contribution < 1.29 is 19.0 Å². The zero-order chi connectivity index (χ0) is 21.3. The predicted molar refractivity (Wildman–Crippen MR) is 119 cm³/mol. The lowest BCUT2D eigenvalue weighted by atomic mass is 10.1. The molecule has 0 N–H and O–H groups in total. The Morgan fingerprint density at radius 1 is 1.17 bits per heavy atom. The molecule has 0 aliphatic carbocycles. The van der Waals surface area contributed by atoms with Crippen LogP contribution in [0.1, 0.15) is 34.3 Å². The Labute approximate surface area is 180 Å². The highest BCUT2D eigenvalue weighted by Gasteiger charge is 2.28. The third-order valence-corrected chi connectivity index (χ3v) is 6.33. The molecule has 0 bridgehead atoms. The van der Waals surface area contributed by atoms with Crippen LogP contribution in [0, 0.1) is 13.8 Å². The van der Waals surface area contributed by atoms with Gasteiger partial charge in [0.2, 0.25) is 0 Å². The number of ether oxygens (including phenoxy) is 3. The number of fused-ring (bicyclic) bond motifs is 1. The van der Waals surface area contributed by atoms with Crippen LogP contribution in [-0.2, 0) is 4.74 Å². The van der Waals surface area contributed by atoms with Gasteiger partial charge in [-0.25, -0.2) is 4.98 Å². The summed E-state index contributed by atoms with van der Waals surface area (Å²) < 4.78 is 17.6. The second kappa shape index (κ2) is 8.62. The van der Waals surface area contributed by atoms with Crippen molar-refractivity contribution in [2.45, 2.75) is 32.8 Å². The van der Waals surface area contributed by atoms with Gasteiger partial charge in [-0.1, -0.05) is 17.4 Å². The molecule has 1 aliphatic rings. The van der Waals surface area contributed by atoms with E-state index in [1.807, 2.05) is 0 Å². The van der Waals surface area contributed by atoms with Gasteiger partial charge in [-0.15, -0.1) is 0 Å². The molecule has 1 aliphatic heterocycles. The Hall–Kier alpha value is -2.64. The minimum absolute atomic E-state index is 0.0105. The van der Waals surface area contributed by atoms with Gasteiger partial charge in [0.05, 0.1) is 37.1 Å². The van der Waals surface area contributed by atoms with E-state index in [0.717, 1.165) is 35.2 Å². The number of anilines is 1. The van der Waals surface area contributed by atoms with Crippen LogP contribution in [0.15, 0.2) is 30.3 Å². The van der Waals surface area contributed by atoms with Gasteiger partial charge in [0.15, 0.2) is 5.13 Å². The number of nitrogens with zero attached hydrogens (tertiary/aromatic N) is 2. The van der Waals surface area contributed by atoms with Crippen LogP contribution in [0.3, 0.4) is 0 Å². The second-order valence-corrected chi connectivity index (χ2v) is 8.59. The monoisotopic (exact) mass is 426 g/mol. The van der Waals surface area contributed by atoms with E-state index in [9.17, 15) is 4.79 Å². The molecule has 3 aromatic rings. The molecule has 1 saturated heterocycles. The highest BCUT2D eigenvalue weighted by atomic mass is 32.1. The molecule has 1 aromatic heterocycles. The zero-order valence-corrected chi connectivity index (χ0v) is 18.5. The van der Waals surface area contributed by atoms with Crippen LogP contribution in [0.2, 0.25) is 0 Å². The minimum atomic E-state index is -0.142. The van der Waals surface area contributed by atoms with Gasteiger partial charge in [0, 0.05) is 18.2 Å². The van der Waals surface area contributed by atoms with E-state index in [2.05, 4.69) is 26.0 Å². The summed E-state index contributed by atoms with van der Waals surface area (Å²) in [5, 5.41) is 0.681. The summed E-state index contributed by atoms with van der Waals surface area (Å²) in [5.74, 6) is 1.01. The van der Waals surface area contributed by atoms with Gasteiger partial charge in [0.1, 0.15) is 11.5 Å². The lowest BCUT2D eigenvalue weighted by Gasteiger charge is -2.23. The average molecular weight is 427 g/mol. The van der Waals surface area contributed by atoms with Gasteiger partial charge in [-0.3, -0.25) is 9.69 Å². The topological polar surface area (TPSA) is 60.9 Å². The van der Waals surface area contributed by atoms with E-state index in [-0.39, 0.29) is 12.0 Å². The first-order chi connectivity index (χ1) is 14.5. The number of hydrogen-bond donors (Lipinski definition) is 0. The van der Waals surface area contributed by atoms with E-state index >= 15 is 0 Å². The third-order valence-electron chi connectivity index (χ3n) is 5.30. The summed E-state index contributed by atoms with van der Waals surface area (Å²) in [7, 11) is 3.15. The van der Waals surface area contributed by atoms with Crippen molar-refractivity contribution >= 4 is 32.6 Å². The highest BCUT2D eigenvalue weighted by molar-refractivity contribution is 7.22. The van der Waals surface area contributed by atoms with Crippen molar-refractivity contribution in [1.82, 2.24) is 4.98 Å². The first-order valence-electron chi connectivity index (χ1n) is 10.0. The van der Waals surface area contributed by atoms with Crippen molar-refractivity contribution in [3.63, 3.8) is 0 Å². The minimum Gasteiger partial charge on any atom is -0.497 e. The molecule has 4 rings (SSSR count). The van der Waals surface area contributed by atoms with Gasteiger partial charge in [-0.05, 0) is 56.0 Å². The maximum Gasteiger partial charge on any atom is 0.260 e. The quantitative estimate of drug-likeness (QED) is 0.569. The summed E-state index contributed by atoms with van der Waals surface area (Å²) in [5.41, 5.74) is 3.73. The van der Waals surface area contributed by atoms with Gasteiger partial charge in [-0.2, -0.15) is 0 Å². The predicted octanol–water partition coefficient (Wildman–Crippen LogP) is 4.76. The molecule has 1 fully saturated rings. The molecule has 1 amide bonds. The Kier molecular flexibility index (Phi) is 5.92. The zero-order valence-electron chi connectivity index (χ0n) is 17.7. The summed E-state index contributed by atoms with van der Waals surface area (Å²) in [4.78, 5) is 20.2. The summed E-state index contributed by atoms with van der Waals surface area (Å²) in [6.45, 7) is 5.33. The number of amides is 1. The first-order valence-corrected chi connectivity index (χ1v) is 10.8. The average Bonchev–Trinajstić information content (AvgIpc) is 3.40. The number of aromatic nitrogens is 1. The Morgan fingerprint density at radius 3 is 2.53 bits per heavy atom. The number of benzene rings is 2. The Balaban J connectivity index is 1.76. The van der Waals surface area contributed by atoms with Gasteiger partial charge >= 0.3 is 0 Å². The number of aryl methyl sites for hydroxylation is 2. The molecular formula is C23H26N2O4S. The molecule has 0 saturated carbocycles. The molecular weight excluding hydrogens is 400 g/mol. The van der Waals surface area contributed by atoms with Crippen LogP contribution < -0.4 is 14.4 Å². The van der Waals surface area contributed by atoms with Crippen LogP contribution in [0.5, 0.6) is 11.5 Å². The maximum atomic E-state index is 13.6. The lowest BCUT2D eigenvalue weighted by Crippen LogP contribution is -2.37. The molecule has 158 valence electrons. The van der Waals surface area contributed by atoms with Crippen LogP contribution in [0.4, 0.5) is 5.13 Å². The number of thiazole rings is 1. The van der Waals surface area contributed by atoms with Crippen LogP contribution in [-0.4, -0.2) is 44.4 Å². The third kappa shape index (κ3) is 4.13. The number of carbonyl (C=O) groups is 1.